The van der Waals surface area contributed by atoms with Crippen LogP contribution in [0.2, 0.25) is 58.4 Å². The van der Waals surface area contributed by atoms with E-state index in [1.54, 1.807) is 13.1 Å². The van der Waals surface area contributed by atoms with Crippen molar-refractivity contribution in [2.45, 2.75) is 64.8 Å². The minimum absolute atomic E-state index is 0.653. The fourth-order valence-corrected chi connectivity index (χ4v) is 19.5. The van der Waals surface area contributed by atoms with E-state index in [9.17, 15) is 4.80 Å². The summed E-state index contributed by atoms with van der Waals surface area (Å²) in [7, 11) is -9.09. The zero-order chi connectivity index (χ0) is 18.4. The van der Waals surface area contributed by atoms with E-state index >= 15 is 0 Å². The van der Waals surface area contributed by atoms with Gasteiger partial charge < -0.3 is 28.2 Å². The minimum atomic E-state index is -2.61. The molecule has 10 heteroatoms. The number of hydrogen-bond donors (Lipinski definition) is 3. The third kappa shape index (κ3) is 13.6. The van der Waals surface area contributed by atoms with E-state index in [0.29, 0.717) is 6.54 Å². The molecule has 0 bridgehead atoms. The first kappa shape index (κ1) is 23.6. The molecule has 0 saturated heterocycles. The number of nitrogens with one attached hydrogen (secondary N) is 1. The normalized spacial score (nSPS) is 16.4. The molecule has 140 valence electrons. The van der Waals surface area contributed by atoms with Crippen molar-refractivity contribution in [3.05, 3.63) is 0 Å². The molecule has 0 aromatic rings. The van der Waals surface area contributed by atoms with Crippen LogP contribution in [0.4, 0.5) is 0 Å². The summed E-state index contributed by atoms with van der Waals surface area (Å²) in [6, 6.07) is 0.919. The highest BCUT2D eigenvalue weighted by molar-refractivity contribution is 6.88. The molecule has 0 rings (SSSR count). The Kier molecular flexibility index (Phi) is 9.62. The lowest BCUT2D eigenvalue weighted by Crippen LogP contribution is -2.57. The third-order valence-corrected chi connectivity index (χ3v) is 15.9. The van der Waals surface area contributed by atoms with Gasteiger partial charge in [-0.1, -0.05) is 0 Å². The molecule has 23 heavy (non-hydrogen) atoms. The Bertz CT molecular complexity index is 348. The summed E-state index contributed by atoms with van der Waals surface area (Å²) in [5.74, 6) is 0. The molecule has 0 aromatic carbocycles. The lowest BCUT2D eigenvalue weighted by molar-refractivity contribution is 0.291. The molecule has 0 fully saturated rings. The summed E-state index contributed by atoms with van der Waals surface area (Å²) in [6.45, 7) is 18.7. The number of rotatable bonds is 12. The van der Waals surface area contributed by atoms with Crippen LogP contribution < -0.4 is 11.1 Å². The highest BCUT2D eigenvalue weighted by atomic mass is 28.5. The van der Waals surface area contributed by atoms with E-state index in [2.05, 4.69) is 31.5 Å². The van der Waals surface area contributed by atoms with Gasteiger partial charge >= 0.3 is 25.7 Å². The molecule has 0 aromatic heterocycles. The maximum absolute atomic E-state index is 10.1. The van der Waals surface area contributed by atoms with Gasteiger partial charge in [-0.25, -0.2) is 0 Å². The second-order valence-corrected chi connectivity index (χ2v) is 23.2. The van der Waals surface area contributed by atoms with Crippen LogP contribution in [0.3, 0.4) is 0 Å². The average Bonchev–Trinajstić information content (AvgIpc) is 2.20. The van der Waals surface area contributed by atoms with Gasteiger partial charge in [0.05, 0.1) is 0 Å². The van der Waals surface area contributed by atoms with E-state index in [1.165, 1.54) is 0 Å². The van der Waals surface area contributed by atoms with E-state index in [-0.39, 0.29) is 0 Å². The van der Waals surface area contributed by atoms with Crippen LogP contribution in [0.15, 0.2) is 0 Å². The highest BCUT2D eigenvalue weighted by Gasteiger charge is 2.44. The lowest BCUT2D eigenvalue weighted by atomic mass is 10.5. The minimum Gasteiger partial charge on any atom is -0.437 e. The SMILES string of the molecule is C[Si](C)(C)O[Si@](C)(CCCNCCN)O[Si](C)(C)O[Si](C)(C)O. The van der Waals surface area contributed by atoms with Gasteiger partial charge in [0.15, 0.2) is 8.32 Å². The predicted molar refractivity (Wildman–Crippen MR) is 107 cm³/mol. The van der Waals surface area contributed by atoms with E-state index < -0.39 is 34.0 Å². The lowest BCUT2D eigenvalue weighted by Gasteiger charge is -2.40. The first-order chi connectivity index (χ1) is 10.2. The topological polar surface area (TPSA) is 86.0 Å². The first-order valence-corrected chi connectivity index (χ1v) is 20.0. The largest absolute Gasteiger partial charge is 0.437 e. The van der Waals surface area contributed by atoms with Crippen LogP contribution in [0, 0.1) is 0 Å². The standard InChI is InChI=1S/C13H38N2O4Si4/c1-20(2,3)17-23(8,13-9-11-15-12-10-14)19-22(6,7)18-21(4,5)16/h15-16H,9-14H2,1-8H3/t23-/m0/s1. The Hall–Kier alpha value is 0.628. The molecule has 0 aliphatic carbocycles. The Balaban J connectivity index is 4.84. The van der Waals surface area contributed by atoms with Crippen LogP contribution in [-0.4, -0.2) is 58.4 Å². The van der Waals surface area contributed by atoms with Crippen LogP contribution in [0.25, 0.3) is 0 Å². The van der Waals surface area contributed by atoms with Gasteiger partial charge in [-0.2, -0.15) is 0 Å². The Morgan fingerprint density at radius 1 is 0.870 bits per heavy atom. The molecule has 0 saturated carbocycles. The van der Waals surface area contributed by atoms with Crippen LogP contribution in [0.5, 0.6) is 0 Å². The molecule has 0 amide bonds. The summed E-state index contributed by atoms with van der Waals surface area (Å²) < 4.78 is 18.9. The molecule has 1 atom stereocenters. The van der Waals surface area contributed by atoms with Gasteiger partial charge in [-0.3, -0.25) is 0 Å². The second-order valence-electron chi connectivity index (χ2n) is 8.04. The van der Waals surface area contributed by atoms with Gasteiger partial charge in [-0.05, 0) is 71.4 Å². The van der Waals surface area contributed by atoms with E-state index in [0.717, 1.165) is 25.6 Å². The van der Waals surface area contributed by atoms with Gasteiger partial charge in [-0.15, -0.1) is 0 Å². The summed E-state index contributed by atoms with van der Waals surface area (Å²) >= 11 is 0. The van der Waals surface area contributed by atoms with E-state index in [4.69, 9.17) is 18.1 Å². The highest BCUT2D eigenvalue weighted by Crippen LogP contribution is 2.27. The van der Waals surface area contributed by atoms with Crippen LogP contribution in [-0.2, 0) is 12.3 Å². The molecule has 6 nitrogen and oxygen atoms in total. The fraction of sp³-hybridized carbons (Fsp3) is 1.00. The van der Waals surface area contributed by atoms with Crippen molar-refractivity contribution >= 4 is 34.0 Å². The molecular formula is C13H38N2O4Si4. The van der Waals surface area contributed by atoms with Crippen molar-refractivity contribution in [1.82, 2.24) is 5.32 Å². The molecular weight excluding hydrogens is 360 g/mol. The van der Waals surface area contributed by atoms with Crippen LogP contribution in [0.1, 0.15) is 6.42 Å². The van der Waals surface area contributed by atoms with E-state index in [1.807, 2.05) is 13.1 Å². The zero-order valence-electron chi connectivity index (χ0n) is 16.3. The molecule has 0 aliphatic heterocycles. The van der Waals surface area contributed by atoms with Gasteiger partial charge in [0, 0.05) is 13.1 Å². The zero-order valence-corrected chi connectivity index (χ0v) is 20.3. The monoisotopic (exact) mass is 398 g/mol. The van der Waals surface area contributed by atoms with Crippen molar-refractivity contribution in [3.8, 4) is 0 Å². The van der Waals surface area contributed by atoms with Crippen LogP contribution >= 0.6 is 0 Å². The number of hydrogen-bond acceptors (Lipinski definition) is 6. The Morgan fingerprint density at radius 3 is 1.87 bits per heavy atom. The van der Waals surface area contributed by atoms with Crippen molar-refractivity contribution in [2.24, 2.45) is 5.73 Å². The molecule has 0 heterocycles. The molecule has 4 N–H and O–H groups in total. The van der Waals surface area contributed by atoms with Crippen molar-refractivity contribution in [2.75, 3.05) is 19.6 Å². The van der Waals surface area contributed by atoms with Gasteiger partial charge in [0.25, 0.3) is 0 Å². The average molecular weight is 399 g/mol. The van der Waals surface area contributed by atoms with Crippen molar-refractivity contribution < 1.29 is 17.1 Å². The Labute approximate surface area is 147 Å². The molecule has 0 aliphatic rings. The smallest absolute Gasteiger partial charge is 0.320 e. The molecule has 0 spiro atoms. The maximum atomic E-state index is 10.1. The van der Waals surface area contributed by atoms with Crippen molar-refractivity contribution in [3.63, 3.8) is 0 Å². The fourth-order valence-electron chi connectivity index (χ4n) is 2.67. The molecule has 0 radical (unpaired) electrons. The van der Waals surface area contributed by atoms with Gasteiger partial charge in [0.2, 0.25) is 0 Å². The third-order valence-electron chi connectivity index (χ3n) is 2.78. The summed E-state index contributed by atoms with van der Waals surface area (Å²) in [5, 5.41) is 3.32. The first-order valence-electron chi connectivity index (χ1n) is 8.42. The summed E-state index contributed by atoms with van der Waals surface area (Å²) in [6.07, 6.45) is 0.998. The quantitative estimate of drug-likeness (QED) is 0.345. The molecule has 0 unspecified atom stereocenters. The Morgan fingerprint density at radius 2 is 1.43 bits per heavy atom. The summed E-state index contributed by atoms with van der Waals surface area (Å²) in [5.41, 5.74) is 5.49. The van der Waals surface area contributed by atoms with Crippen molar-refractivity contribution in [1.29, 1.82) is 0 Å². The summed E-state index contributed by atoms with van der Waals surface area (Å²) in [4.78, 5) is 10.1. The van der Waals surface area contributed by atoms with Gasteiger partial charge in [0.1, 0.15) is 0 Å². The second kappa shape index (κ2) is 9.36. The maximum Gasteiger partial charge on any atom is 0.320 e. The number of nitrogens with two attached hydrogens (primary N) is 1. The predicted octanol–water partition coefficient (Wildman–Crippen LogP) is 2.28.